The molecule has 0 unspecified atom stereocenters. The number of benzene rings is 1. The van der Waals surface area contributed by atoms with Gasteiger partial charge in [-0.1, -0.05) is 12.1 Å². The number of hydrogen-bond acceptors (Lipinski definition) is 3. The Labute approximate surface area is 132 Å². The van der Waals surface area contributed by atoms with Crippen LogP contribution in [-0.4, -0.2) is 34.8 Å². The molecule has 1 fully saturated rings. The average Bonchev–Trinajstić information content (AvgIpc) is 2.48. The second kappa shape index (κ2) is 6.16. The maximum absolute atomic E-state index is 12.9. The molecule has 23 heavy (non-hydrogen) atoms. The fourth-order valence-electron chi connectivity index (χ4n) is 2.53. The molecule has 1 aromatic heterocycles. The summed E-state index contributed by atoms with van der Waals surface area (Å²) in [7, 11) is 0. The molecule has 6 heteroatoms. The van der Waals surface area contributed by atoms with E-state index in [1.165, 1.54) is 12.1 Å². The maximum Gasteiger partial charge on any atom is 0.254 e. The van der Waals surface area contributed by atoms with Crippen LogP contribution in [0.3, 0.4) is 0 Å². The van der Waals surface area contributed by atoms with Gasteiger partial charge in [0.05, 0.1) is 5.92 Å². The third-order valence-electron chi connectivity index (χ3n) is 3.93. The minimum Gasteiger partial charge on any atom is -0.369 e. The molecule has 0 aliphatic carbocycles. The van der Waals surface area contributed by atoms with E-state index in [2.05, 4.69) is 4.98 Å². The second-order valence-electron chi connectivity index (χ2n) is 5.65. The van der Waals surface area contributed by atoms with Gasteiger partial charge in [-0.05, 0) is 29.8 Å². The van der Waals surface area contributed by atoms with Crippen LogP contribution < -0.4 is 5.73 Å². The molecule has 2 amide bonds. The van der Waals surface area contributed by atoms with Crippen LogP contribution in [0.2, 0.25) is 0 Å². The summed E-state index contributed by atoms with van der Waals surface area (Å²) in [5, 5.41) is 0. The van der Waals surface area contributed by atoms with Crippen molar-refractivity contribution in [1.29, 1.82) is 0 Å². The smallest absolute Gasteiger partial charge is 0.254 e. The molecule has 0 atom stereocenters. The monoisotopic (exact) mass is 313 g/mol. The van der Waals surface area contributed by atoms with Gasteiger partial charge in [0.1, 0.15) is 5.82 Å². The number of nitrogens with two attached hydrogens (primary N) is 1. The van der Waals surface area contributed by atoms with Crippen molar-refractivity contribution in [3.63, 3.8) is 0 Å². The Balaban J connectivity index is 1.69. The van der Waals surface area contributed by atoms with Crippen molar-refractivity contribution >= 4 is 11.8 Å². The Morgan fingerprint density at radius 1 is 1.22 bits per heavy atom. The van der Waals surface area contributed by atoms with E-state index in [0.29, 0.717) is 25.1 Å². The Morgan fingerprint density at radius 2 is 1.91 bits per heavy atom. The van der Waals surface area contributed by atoms with E-state index in [0.717, 1.165) is 11.3 Å². The minimum absolute atomic E-state index is 0.134. The summed E-state index contributed by atoms with van der Waals surface area (Å²) in [6, 6.07) is 9.55. The number of carbonyl (C=O) groups is 2. The minimum atomic E-state index is -0.374. The van der Waals surface area contributed by atoms with Crippen molar-refractivity contribution in [2.24, 2.45) is 11.7 Å². The first-order chi connectivity index (χ1) is 11.0. The molecule has 0 saturated carbocycles. The molecule has 1 aromatic carbocycles. The number of primary amides is 1. The fraction of sp³-hybridized carbons (Fsp3) is 0.235. The number of halogens is 1. The van der Waals surface area contributed by atoms with Crippen molar-refractivity contribution in [1.82, 2.24) is 9.88 Å². The fourth-order valence-corrected chi connectivity index (χ4v) is 2.53. The van der Waals surface area contributed by atoms with E-state index < -0.39 is 0 Å². The first-order valence-corrected chi connectivity index (χ1v) is 7.31. The van der Waals surface area contributed by atoms with Crippen LogP contribution >= 0.6 is 0 Å². The zero-order chi connectivity index (χ0) is 16.4. The van der Waals surface area contributed by atoms with Crippen molar-refractivity contribution < 1.29 is 14.0 Å². The Hall–Kier alpha value is -2.76. The predicted molar refractivity (Wildman–Crippen MR) is 82.0 cm³/mol. The van der Waals surface area contributed by atoms with Gasteiger partial charge in [0.25, 0.3) is 5.91 Å². The van der Waals surface area contributed by atoms with Crippen LogP contribution in [0.1, 0.15) is 21.6 Å². The standard InChI is InChI=1S/C17H16FN3O2/c18-14-3-1-11(2-4-14)7-15-8-12(5-6-20-15)17(23)21-9-13(10-21)16(19)22/h1-6,8,13H,7,9-10H2,(H2,19,22). The topological polar surface area (TPSA) is 76.3 Å². The number of amides is 2. The van der Waals surface area contributed by atoms with Crippen LogP contribution in [-0.2, 0) is 11.2 Å². The molecule has 0 radical (unpaired) electrons. The molecule has 5 nitrogen and oxygen atoms in total. The summed E-state index contributed by atoms with van der Waals surface area (Å²) in [4.78, 5) is 29.2. The van der Waals surface area contributed by atoms with E-state index in [4.69, 9.17) is 5.73 Å². The summed E-state index contributed by atoms with van der Waals surface area (Å²) in [6.07, 6.45) is 2.10. The highest BCUT2D eigenvalue weighted by atomic mass is 19.1. The number of hydrogen-bond donors (Lipinski definition) is 1. The lowest BCUT2D eigenvalue weighted by atomic mass is 9.98. The molecule has 1 saturated heterocycles. The summed E-state index contributed by atoms with van der Waals surface area (Å²) in [5.74, 6) is -1.04. The van der Waals surface area contributed by atoms with Crippen LogP contribution in [0, 0.1) is 11.7 Å². The summed E-state index contributed by atoms with van der Waals surface area (Å²) in [5.41, 5.74) is 7.38. The van der Waals surface area contributed by atoms with Gasteiger partial charge in [0, 0.05) is 37.0 Å². The van der Waals surface area contributed by atoms with Gasteiger partial charge in [-0.3, -0.25) is 14.6 Å². The van der Waals surface area contributed by atoms with Gasteiger partial charge < -0.3 is 10.6 Å². The Morgan fingerprint density at radius 3 is 2.57 bits per heavy atom. The molecule has 0 spiro atoms. The molecular weight excluding hydrogens is 297 g/mol. The lowest BCUT2D eigenvalue weighted by Gasteiger charge is -2.37. The van der Waals surface area contributed by atoms with E-state index >= 15 is 0 Å². The average molecular weight is 313 g/mol. The molecular formula is C17H16FN3O2. The van der Waals surface area contributed by atoms with E-state index in [1.54, 1.807) is 35.4 Å². The molecule has 3 rings (SSSR count). The van der Waals surface area contributed by atoms with Gasteiger partial charge in [-0.25, -0.2) is 4.39 Å². The lowest BCUT2D eigenvalue weighted by molar-refractivity contribution is -0.125. The summed E-state index contributed by atoms with van der Waals surface area (Å²) >= 11 is 0. The highest BCUT2D eigenvalue weighted by Gasteiger charge is 2.34. The number of rotatable bonds is 4. The normalized spacial score (nSPS) is 14.4. The molecule has 2 heterocycles. The van der Waals surface area contributed by atoms with Gasteiger partial charge in [-0.2, -0.15) is 0 Å². The first kappa shape index (κ1) is 15.1. The molecule has 1 aliphatic rings. The van der Waals surface area contributed by atoms with Gasteiger partial charge in [-0.15, -0.1) is 0 Å². The number of aromatic nitrogens is 1. The quantitative estimate of drug-likeness (QED) is 0.926. The zero-order valence-electron chi connectivity index (χ0n) is 12.4. The lowest BCUT2D eigenvalue weighted by Crippen LogP contribution is -2.54. The molecule has 0 bridgehead atoms. The van der Waals surface area contributed by atoms with Crippen molar-refractivity contribution in [3.05, 3.63) is 65.2 Å². The van der Waals surface area contributed by atoms with Gasteiger partial charge in [0.15, 0.2) is 0 Å². The molecule has 118 valence electrons. The number of pyridine rings is 1. The largest absolute Gasteiger partial charge is 0.369 e. The highest BCUT2D eigenvalue weighted by Crippen LogP contribution is 2.19. The van der Waals surface area contributed by atoms with Gasteiger partial charge in [0.2, 0.25) is 5.91 Å². The van der Waals surface area contributed by atoms with Crippen molar-refractivity contribution in [3.8, 4) is 0 Å². The maximum atomic E-state index is 12.9. The third kappa shape index (κ3) is 3.36. The van der Waals surface area contributed by atoms with E-state index in [1.807, 2.05) is 0 Å². The number of likely N-dealkylation sites (tertiary alicyclic amines) is 1. The highest BCUT2D eigenvalue weighted by molar-refractivity contribution is 5.96. The SMILES string of the molecule is NC(=O)C1CN(C(=O)c2ccnc(Cc3ccc(F)cc3)c2)C1. The van der Waals surface area contributed by atoms with Crippen LogP contribution in [0.5, 0.6) is 0 Å². The predicted octanol–water partition coefficient (Wildman–Crippen LogP) is 1.37. The van der Waals surface area contributed by atoms with Crippen molar-refractivity contribution in [2.45, 2.75) is 6.42 Å². The zero-order valence-corrected chi connectivity index (χ0v) is 12.4. The van der Waals surface area contributed by atoms with Crippen LogP contribution in [0.25, 0.3) is 0 Å². The summed E-state index contributed by atoms with van der Waals surface area (Å²) in [6.45, 7) is 0.730. The molecule has 1 aliphatic heterocycles. The van der Waals surface area contributed by atoms with E-state index in [-0.39, 0.29) is 23.5 Å². The van der Waals surface area contributed by atoms with Crippen LogP contribution in [0.15, 0.2) is 42.6 Å². The Kier molecular flexibility index (Phi) is 4.06. The van der Waals surface area contributed by atoms with E-state index in [9.17, 15) is 14.0 Å². The number of carbonyl (C=O) groups excluding carboxylic acids is 2. The van der Waals surface area contributed by atoms with Crippen molar-refractivity contribution in [2.75, 3.05) is 13.1 Å². The van der Waals surface area contributed by atoms with Crippen LogP contribution in [0.4, 0.5) is 4.39 Å². The first-order valence-electron chi connectivity index (χ1n) is 7.31. The summed E-state index contributed by atoms with van der Waals surface area (Å²) < 4.78 is 12.9. The molecule has 2 N–H and O–H groups in total. The second-order valence-corrected chi connectivity index (χ2v) is 5.65. The molecule has 2 aromatic rings. The third-order valence-corrected chi connectivity index (χ3v) is 3.93. The number of nitrogens with zero attached hydrogens (tertiary/aromatic N) is 2. The van der Waals surface area contributed by atoms with Gasteiger partial charge >= 0.3 is 0 Å². The Bertz CT molecular complexity index is 740.